The second-order valence-corrected chi connectivity index (χ2v) is 2.73. The molecule has 70 valence electrons. The Bertz CT molecular complexity index is 502. The van der Waals surface area contributed by atoms with Crippen LogP contribution in [-0.2, 0) is 0 Å². The number of hydrogen-bond donors (Lipinski definition) is 1. The lowest BCUT2D eigenvalue weighted by Crippen LogP contribution is -1.98. The zero-order valence-corrected chi connectivity index (χ0v) is 7.75. The number of terminal acetylenes is 1. The number of nitrogens with one attached hydrogen (secondary N) is 1. The van der Waals surface area contributed by atoms with Crippen LogP contribution in [0.2, 0.25) is 5.28 Å². The fourth-order valence-corrected chi connectivity index (χ4v) is 1.15. The van der Waals surface area contributed by atoms with Gasteiger partial charge in [0.05, 0.1) is 6.33 Å². The topological polar surface area (TPSA) is 63.7 Å². The van der Waals surface area contributed by atoms with E-state index in [1.807, 2.05) is 0 Å². The summed E-state index contributed by atoms with van der Waals surface area (Å²) in [4.78, 5) is 14.5. The molecule has 1 N–H and O–H groups in total. The predicted molar refractivity (Wildman–Crippen MR) is 51.0 cm³/mol. The summed E-state index contributed by atoms with van der Waals surface area (Å²) in [6.07, 6.45) is 6.54. The van der Waals surface area contributed by atoms with Gasteiger partial charge in [-0.25, -0.2) is 4.98 Å². The summed E-state index contributed by atoms with van der Waals surface area (Å²) in [5, 5.41) is 0.0802. The third kappa shape index (κ3) is 1.47. The van der Waals surface area contributed by atoms with Gasteiger partial charge in [-0.3, -0.25) is 0 Å². The van der Waals surface area contributed by atoms with Crippen LogP contribution in [0.1, 0.15) is 0 Å². The summed E-state index contributed by atoms with van der Waals surface area (Å²) >= 11 is 5.65. The molecule has 0 spiro atoms. The second-order valence-electron chi connectivity index (χ2n) is 2.39. The summed E-state index contributed by atoms with van der Waals surface area (Å²) in [6, 6.07) is 0. The normalized spacial score (nSPS) is 10.0. The molecule has 0 fully saturated rings. The molecule has 0 bridgehead atoms. The number of fused-ring (bicyclic) bond motifs is 1. The van der Waals surface area contributed by atoms with Crippen molar-refractivity contribution in [3.8, 4) is 18.2 Å². The molecule has 2 heterocycles. The van der Waals surface area contributed by atoms with Gasteiger partial charge in [-0.2, -0.15) is 9.97 Å². The van der Waals surface area contributed by atoms with Gasteiger partial charge in [0.25, 0.3) is 0 Å². The van der Waals surface area contributed by atoms with E-state index in [9.17, 15) is 0 Å². The molecule has 0 saturated carbocycles. The fourth-order valence-electron chi connectivity index (χ4n) is 0.996. The lowest BCUT2D eigenvalue weighted by atomic mass is 10.5. The van der Waals surface area contributed by atoms with Crippen molar-refractivity contribution >= 4 is 22.8 Å². The zero-order valence-electron chi connectivity index (χ0n) is 6.99. The molecular formula is C8H5ClN4O. The molecule has 0 aliphatic rings. The molecule has 2 rings (SSSR count). The molecule has 6 heteroatoms. The number of hydrogen-bond acceptors (Lipinski definition) is 4. The number of aromatic nitrogens is 4. The summed E-state index contributed by atoms with van der Waals surface area (Å²) in [6.45, 7) is 0.126. The van der Waals surface area contributed by atoms with Gasteiger partial charge in [0.1, 0.15) is 5.52 Å². The number of aromatic amines is 1. The molecular weight excluding hydrogens is 204 g/mol. The molecule has 2 aromatic rings. The van der Waals surface area contributed by atoms with Gasteiger partial charge in [-0.15, -0.1) is 6.42 Å². The summed E-state index contributed by atoms with van der Waals surface area (Å²) in [7, 11) is 0. The maximum absolute atomic E-state index is 5.65. The van der Waals surface area contributed by atoms with Crippen molar-refractivity contribution in [1.82, 2.24) is 19.9 Å². The van der Waals surface area contributed by atoms with E-state index in [0.717, 1.165) is 0 Å². The molecule has 0 saturated heterocycles. The third-order valence-electron chi connectivity index (χ3n) is 1.52. The molecule has 0 aliphatic carbocycles. The maximum Gasteiger partial charge on any atom is 0.245 e. The SMILES string of the molecule is C#CCOc1nc(Cl)nc2nc[nH]c12. The van der Waals surface area contributed by atoms with Gasteiger partial charge in [-0.05, 0) is 11.6 Å². The van der Waals surface area contributed by atoms with E-state index in [1.54, 1.807) is 0 Å². The number of rotatable bonds is 2. The Kier molecular flexibility index (Phi) is 2.21. The van der Waals surface area contributed by atoms with Crippen molar-refractivity contribution in [2.24, 2.45) is 0 Å². The van der Waals surface area contributed by atoms with Crippen molar-refractivity contribution in [2.45, 2.75) is 0 Å². The van der Waals surface area contributed by atoms with Crippen LogP contribution >= 0.6 is 11.6 Å². The summed E-state index contributed by atoms with van der Waals surface area (Å²) < 4.78 is 5.16. The largest absolute Gasteiger partial charge is 0.463 e. The van der Waals surface area contributed by atoms with Crippen molar-refractivity contribution in [3.63, 3.8) is 0 Å². The lowest BCUT2D eigenvalue weighted by Gasteiger charge is -2.01. The monoisotopic (exact) mass is 208 g/mol. The van der Waals surface area contributed by atoms with E-state index in [0.29, 0.717) is 17.0 Å². The average molecular weight is 209 g/mol. The van der Waals surface area contributed by atoms with E-state index in [-0.39, 0.29) is 11.9 Å². The van der Waals surface area contributed by atoms with Gasteiger partial charge < -0.3 is 9.72 Å². The Morgan fingerprint density at radius 1 is 1.57 bits per heavy atom. The molecule has 0 radical (unpaired) electrons. The molecule has 0 aromatic carbocycles. The van der Waals surface area contributed by atoms with Crippen LogP contribution in [0.5, 0.6) is 5.88 Å². The molecule has 0 atom stereocenters. The number of H-pyrrole nitrogens is 1. The average Bonchev–Trinajstić information content (AvgIpc) is 2.61. The minimum absolute atomic E-state index is 0.0802. The quantitative estimate of drug-likeness (QED) is 0.591. The Morgan fingerprint density at radius 2 is 2.43 bits per heavy atom. The second kappa shape index (κ2) is 3.52. The Labute approximate surface area is 84.5 Å². The number of imidazole rings is 1. The van der Waals surface area contributed by atoms with Crippen molar-refractivity contribution in [1.29, 1.82) is 0 Å². The number of nitrogens with zero attached hydrogens (tertiary/aromatic N) is 3. The highest BCUT2D eigenvalue weighted by Crippen LogP contribution is 2.20. The van der Waals surface area contributed by atoms with Crippen LogP contribution in [0.15, 0.2) is 6.33 Å². The first-order valence-corrected chi connectivity index (χ1v) is 4.12. The summed E-state index contributed by atoms with van der Waals surface area (Å²) in [5.41, 5.74) is 1.04. The highest BCUT2D eigenvalue weighted by atomic mass is 35.5. The van der Waals surface area contributed by atoms with Gasteiger partial charge in [0, 0.05) is 0 Å². The molecule has 2 aromatic heterocycles. The number of ether oxygens (including phenoxy) is 1. The maximum atomic E-state index is 5.65. The summed E-state index contributed by atoms with van der Waals surface area (Å²) in [5.74, 6) is 2.65. The van der Waals surface area contributed by atoms with Crippen LogP contribution < -0.4 is 4.74 Å². The van der Waals surface area contributed by atoms with Crippen LogP contribution in [0.4, 0.5) is 0 Å². The minimum Gasteiger partial charge on any atom is -0.463 e. The highest BCUT2D eigenvalue weighted by molar-refractivity contribution is 6.28. The molecule has 14 heavy (non-hydrogen) atoms. The minimum atomic E-state index is 0.0802. The van der Waals surface area contributed by atoms with E-state index in [4.69, 9.17) is 22.8 Å². The van der Waals surface area contributed by atoms with E-state index >= 15 is 0 Å². The molecule has 0 unspecified atom stereocenters. The Hall–Kier alpha value is -1.80. The van der Waals surface area contributed by atoms with E-state index in [1.165, 1.54) is 6.33 Å². The zero-order chi connectivity index (χ0) is 9.97. The van der Waals surface area contributed by atoms with E-state index in [2.05, 4.69) is 25.9 Å². The van der Waals surface area contributed by atoms with Gasteiger partial charge in [0.15, 0.2) is 12.3 Å². The molecule has 0 amide bonds. The van der Waals surface area contributed by atoms with Crippen molar-refractivity contribution < 1.29 is 4.74 Å². The van der Waals surface area contributed by atoms with Crippen molar-refractivity contribution in [2.75, 3.05) is 6.61 Å². The van der Waals surface area contributed by atoms with Gasteiger partial charge >= 0.3 is 0 Å². The number of halogens is 1. The van der Waals surface area contributed by atoms with Crippen LogP contribution in [-0.4, -0.2) is 26.5 Å². The third-order valence-corrected chi connectivity index (χ3v) is 1.69. The smallest absolute Gasteiger partial charge is 0.245 e. The standard InChI is InChI=1S/C8H5ClN4O/c1-2-3-14-7-5-6(11-4-10-5)12-8(9)13-7/h1,4H,3H2,(H,10,11,12,13). The Balaban J connectivity index is 2.51. The first-order valence-electron chi connectivity index (χ1n) is 3.74. The van der Waals surface area contributed by atoms with Crippen LogP contribution in [0.3, 0.4) is 0 Å². The molecule has 5 nitrogen and oxygen atoms in total. The molecule has 0 aliphatic heterocycles. The van der Waals surface area contributed by atoms with Gasteiger partial charge in [0.2, 0.25) is 11.2 Å². The predicted octanol–water partition coefficient (Wildman–Crippen LogP) is 1.02. The fraction of sp³-hybridized carbons (Fsp3) is 0.125. The van der Waals surface area contributed by atoms with E-state index < -0.39 is 0 Å². The first kappa shape index (κ1) is 8.78. The first-order chi connectivity index (χ1) is 6.81. The van der Waals surface area contributed by atoms with Crippen LogP contribution in [0, 0.1) is 12.3 Å². The lowest BCUT2D eigenvalue weighted by molar-refractivity contribution is 0.359. The van der Waals surface area contributed by atoms with Crippen molar-refractivity contribution in [3.05, 3.63) is 11.6 Å². The van der Waals surface area contributed by atoms with Crippen LogP contribution in [0.25, 0.3) is 11.2 Å². The van der Waals surface area contributed by atoms with Gasteiger partial charge in [-0.1, -0.05) is 5.92 Å². The highest BCUT2D eigenvalue weighted by Gasteiger charge is 2.09. The Morgan fingerprint density at radius 3 is 3.21 bits per heavy atom.